The molecule has 1 amide bonds. The number of ether oxygens (including phenoxy) is 1. The molecule has 4 rings (SSSR count). The minimum Gasteiger partial charge on any atom is -0.496 e. The van der Waals surface area contributed by atoms with Crippen LogP contribution in [0.25, 0.3) is 11.3 Å². The Kier molecular flexibility index (Phi) is 4.44. The van der Waals surface area contributed by atoms with Gasteiger partial charge in [-0.15, -0.1) is 0 Å². The van der Waals surface area contributed by atoms with Crippen molar-refractivity contribution < 1.29 is 9.53 Å². The van der Waals surface area contributed by atoms with E-state index in [0.29, 0.717) is 6.54 Å². The quantitative estimate of drug-likeness (QED) is 0.717. The summed E-state index contributed by atoms with van der Waals surface area (Å²) in [7, 11) is 1.66. The van der Waals surface area contributed by atoms with E-state index >= 15 is 0 Å². The maximum Gasteiger partial charge on any atom is 0.224 e. The molecule has 1 aliphatic rings. The molecule has 1 aliphatic carbocycles. The van der Waals surface area contributed by atoms with Gasteiger partial charge in [0, 0.05) is 5.92 Å². The molecule has 1 fully saturated rings. The Labute approximate surface area is 152 Å². The summed E-state index contributed by atoms with van der Waals surface area (Å²) in [4.78, 5) is 20.1. The molecule has 2 aromatic carbocycles. The van der Waals surface area contributed by atoms with Crippen LogP contribution in [0.15, 0.2) is 60.8 Å². The van der Waals surface area contributed by atoms with Crippen LogP contribution in [0.1, 0.15) is 23.7 Å². The van der Waals surface area contributed by atoms with Crippen LogP contribution in [0.3, 0.4) is 0 Å². The average molecular weight is 347 g/mol. The number of carbonyl (C=O) groups is 1. The Morgan fingerprint density at radius 1 is 1.19 bits per heavy atom. The highest BCUT2D eigenvalue weighted by atomic mass is 16.5. The zero-order chi connectivity index (χ0) is 17.9. The number of rotatable bonds is 6. The topological polar surface area (TPSA) is 67.0 Å². The van der Waals surface area contributed by atoms with E-state index in [9.17, 15) is 4.79 Å². The highest BCUT2D eigenvalue weighted by molar-refractivity contribution is 5.83. The summed E-state index contributed by atoms with van der Waals surface area (Å²) in [5.74, 6) is 1.93. The summed E-state index contributed by atoms with van der Waals surface area (Å²) in [5, 5.41) is 2.99. The third-order valence-corrected chi connectivity index (χ3v) is 4.81. The number of aromatic amines is 1. The van der Waals surface area contributed by atoms with Gasteiger partial charge in [-0.2, -0.15) is 0 Å². The number of methoxy groups -OCH3 is 1. The number of para-hydroxylation sites is 1. The van der Waals surface area contributed by atoms with E-state index in [-0.39, 0.29) is 17.7 Å². The fraction of sp³-hybridized carbons (Fsp3) is 0.238. The number of carbonyl (C=O) groups excluding carboxylic acids is 1. The van der Waals surface area contributed by atoms with Crippen molar-refractivity contribution in [3.05, 3.63) is 72.2 Å². The van der Waals surface area contributed by atoms with Gasteiger partial charge in [0.2, 0.25) is 5.91 Å². The minimum absolute atomic E-state index is 0.00913. The Balaban J connectivity index is 1.35. The van der Waals surface area contributed by atoms with Crippen LogP contribution in [-0.2, 0) is 11.3 Å². The van der Waals surface area contributed by atoms with E-state index in [4.69, 9.17) is 4.74 Å². The maximum atomic E-state index is 12.4. The fourth-order valence-electron chi connectivity index (χ4n) is 3.32. The van der Waals surface area contributed by atoms with Crippen LogP contribution >= 0.6 is 0 Å². The highest BCUT2D eigenvalue weighted by Gasteiger charge is 2.45. The number of aromatic nitrogens is 2. The van der Waals surface area contributed by atoms with Crippen LogP contribution < -0.4 is 10.1 Å². The second-order valence-electron chi connectivity index (χ2n) is 6.52. The fourth-order valence-corrected chi connectivity index (χ4v) is 3.32. The monoisotopic (exact) mass is 347 g/mol. The molecule has 26 heavy (non-hydrogen) atoms. The van der Waals surface area contributed by atoms with Gasteiger partial charge >= 0.3 is 0 Å². The maximum absolute atomic E-state index is 12.4. The first kappa shape index (κ1) is 16.4. The van der Waals surface area contributed by atoms with Gasteiger partial charge in [-0.05, 0) is 29.5 Å². The molecule has 0 saturated heterocycles. The molecule has 5 heteroatoms. The molecule has 1 aromatic heterocycles. The number of benzene rings is 2. The van der Waals surface area contributed by atoms with Crippen LogP contribution in [-0.4, -0.2) is 23.0 Å². The number of H-pyrrole nitrogens is 1. The molecule has 2 atom stereocenters. The van der Waals surface area contributed by atoms with Gasteiger partial charge in [-0.1, -0.05) is 48.5 Å². The van der Waals surface area contributed by atoms with Crippen LogP contribution in [0, 0.1) is 5.92 Å². The minimum atomic E-state index is 0.00913. The van der Waals surface area contributed by atoms with E-state index in [0.717, 1.165) is 34.8 Å². The molecular weight excluding hydrogens is 326 g/mol. The van der Waals surface area contributed by atoms with Gasteiger partial charge in [-0.3, -0.25) is 4.79 Å². The SMILES string of the molecule is COc1ccccc1[C@H]1C[C@@H]1C(=O)NCc1ncc(-c2ccccc2)[nH]1. The number of imidazole rings is 1. The van der Waals surface area contributed by atoms with Gasteiger partial charge in [0.1, 0.15) is 11.6 Å². The molecule has 0 spiro atoms. The first-order valence-corrected chi connectivity index (χ1v) is 8.76. The summed E-state index contributed by atoms with van der Waals surface area (Å²) >= 11 is 0. The molecule has 5 nitrogen and oxygen atoms in total. The lowest BCUT2D eigenvalue weighted by Crippen LogP contribution is -2.25. The van der Waals surface area contributed by atoms with Crippen molar-refractivity contribution in [3.63, 3.8) is 0 Å². The Bertz CT molecular complexity index is 904. The predicted octanol–water partition coefficient (Wildman–Crippen LogP) is 3.51. The van der Waals surface area contributed by atoms with E-state index in [1.807, 2.05) is 54.6 Å². The molecular formula is C21H21N3O2. The third-order valence-electron chi connectivity index (χ3n) is 4.81. The second kappa shape index (κ2) is 7.04. The number of hydrogen-bond donors (Lipinski definition) is 2. The normalized spacial score (nSPS) is 18.3. The van der Waals surface area contributed by atoms with E-state index in [2.05, 4.69) is 15.3 Å². The van der Waals surface area contributed by atoms with E-state index < -0.39 is 0 Å². The second-order valence-corrected chi connectivity index (χ2v) is 6.52. The van der Waals surface area contributed by atoms with Gasteiger partial charge in [-0.25, -0.2) is 4.98 Å². The van der Waals surface area contributed by atoms with Crippen LogP contribution in [0.2, 0.25) is 0 Å². The van der Waals surface area contributed by atoms with Crippen molar-refractivity contribution >= 4 is 5.91 Å². The number of hydrogen-bond acceptors (Lipinski definition) is 3. The number of nitrogens with one attached hydrogen (secondary N) is 2. The van der Waals surface area contributed by atoms with Crippen molar-refractivity contribution in [1.29, 1.82) is 0 Å². The zero-order valence-electron chi connectivity index (χ0n) is 14.6. The number of amides is 1. The molecule has 132 valence electrons. The standard InChI is InChI=1S/C21H21N3O2/c1-26-19-10-6-5-9-15(19)16-11-17(16)21(25)23-13-20-22-12-18(24-20)14-7-3-2-4-8-14/h2-10,12,16-17H,11,13H2,1H3,(H,22,24)(H,23,25)/t16-,17+/m1/s1. The van der Waals surface area contributed by atoms with Crippen molar-refractivity contribution in [2.75, 3.05) is 7.11 Å². The van der Waals surface area contributed by atoms with E-state index in [1.54, 1.807) is 13.3 Å². The zero-order valence-corrected chi connectivity index (χ0v) is 14.6. The summed E-state index contributed by atoms with van der Waals surface area (Å²) in [6, 6.07) is 17.9. The first-order chi connectivity index (χ1) is 12.8. The summed E-state index contributed by atoms with van der Waals surface area (Å²) in [5.41, 5.74) is 3.14. The Hall–Kier alpha value is -3.08. The van der Waals surface area contributed by atoms with Gasteiger partial charge < -0.3 is 15.0 Å². The van der Waals surface area contributed by atoms with Crippen LogP contribution in [0.4, 0.5) is 0 Å². The molecule has 0 unspecified atom stereocenters. The lowest BCUT2D eigenvalue weighted by atomic mass is 10.1. The molecule has 0 aliphatic heterocycles. The summed E-state index contributed by atoms with van der Waals surface area (Å²) in [6.45, 7) is 0.404. The smallest absolute Gasteiger partial charge is 0.224 e. The van der Waals surface area contributed by atoms with Gasteiger partial charge in [0.25, 0.3) is 0 Å². The third kappa shape index (κ3) is 3.33. The lowest BCUT2D eigenvalue weighted by molar-refractivity contribution is -0.122. The van der Waals surface area contributed by atoms with Crippen molar-refractivity contribution in [2.24, 2.45) is 5.92 Å². The molecule has 0 radical (unpaired) electrons. The summed E-state index contributed by atoms with van der Waals surface area (Å²) in [6.07, 6.45) is 2.66. The summed E-state index contributed by atoms with van der Waals surface area (Å²) < 4.78 is 5.40. The van der Waals surface area contributed by atoms with Crippen molar-refractivity contribution in [3.8, 4) is 17.0 Å². The van der Waals surface area contributed by atoms with E-state index in [1.165, 1.54) is 0 Å². The Morgan fingerprint density at radius 2 is 1.96 bits per heavy atom. The molecule has 0 bridgehead atoms. The van der Waals surface area contributed by atoms with Gasteiger partial charge in [0.05, 0.1) is 25.5 Å². The molecule has 3 aromatic rings. The Morgan fingerprint density at radius 3 is 2.77 bits per heavy atom. The predicted molar refractivity (Wildman–Crippen MR) is 99.7 cm³/mol. The van der Waals surface area contributed by atoms with Crippen molar-refractivity contribution in [2.45, 2.75) is 18.9 Å². The highest BCUT2D eigenvalue weighted by Crippen LogP contribution is 2.50. The van der Waals surface area contributed by atoms with Crippen LogP contribution in [0.5, 0.6) is 5.75 Å². The number of nitrogens with zero attached hydrogens (tertiary/aromatic N) is 1. The first-order valence-electron chi connectivity index (χ1n) is 8.76. The molecule has 1 heterocycles. The largest absolute Gasteiger partial charge is 0.496 e. The lowest BCUT2D eigenvalue weighted by Gasteiger charge is -2.07. The van der Waals surface area contributed by atoms with Crippen molar-refractivity contribution in [1.82, 2.24) is 15.3 Å². The van der Waals surface area contributed by atoms with Gasteiger partial charge in [0.15, 0.2) is 0 Å². The molecule has 2 N–H and O–H groups in total. The molecule has 1 saturated carbocycles. The average Bonchev–Trinajstić information content (AvgIpc) is 3.36.